The lowest BCUT2D eigenvalue weighted by Crippen LogP contribution is -1.77. The van der Waals surface area contributed by atoms with Crippen LogP contribution in [0.25, 0.3) is 0 Å². The van der Waals surface area contributed by atoms with Crippen molar-refractivity contribution in [1.29, 1.82) is 0 Å². The monoisotopic (exact) mass is 201 g/mol. The van der Waals surface area contributed by atoms with Crippen LogP contribution < -0.4 is 0 Å². The van der Waals surface area contributed by atoms with E-state index in [0.717, 1.165) is 9.61 Å². The maximum absolute atomic E-state index is 5.07. The minimum atomic E-state index is 0.627. The molecular weight excluding hydrogens is 198 g/mol. The lowest BCUT2D eigenvalue weighted by atomic mass is 10.4. The summed E-state index contributed by atoms with van der Waals surface area (Å²) in [4.78, 5) is 4.09. The smallest absolute Gasteiger partial charge is 0.159 e. The first-order valence-corrected chi connectivity index (χ1v) is 4.03. The molecule has 0 radical (unpaired) electrons. The van der Waals surface area contributed by atoms with E-state index in [9.17, 15) is 0 Å². The Morgan fingerprint density at radius 1 is 1.89 bits per heavy atom. The van der Waals surface area contributed by atoms with Crippen LogP contribution in [0.5, 0.6) is 0 Å². The molecule has 0 aliphatic heterocycles. The van der Waals surface area contributed by atoms with E-state index in [1.54, 1.807) is 11.3 Å². The molecule has 0 spiro atoms. The van der Waals surface area contributed by atoms with Gasteiger partial charge in [-0.2, -0.15) is 0 Å². The number of halogens is 1. The van der Waals surface area contributed by atoms with Crippen LogP contribution in [0.4, 0.5) is 0 Å². The molecule has 0 atom stereocenters. The van der Waals surface area contributed by atoms with Crippen LogP contribution in [-0.2, 0) is 6.42 Å². The first kappa shape index (κ1) is 6.79. The summed E-state index contributed by atoms with van der Waals surface area (Å²) in [5, 5.41) is 1.95. The lowest BCUT2D eigenvalue weighted by molar-refractivity contribution is 1.16. The van der Waals surface area contributed by atoms with Crippen LogP contribution >= 0.6 is 27.3 Å². The normalized spacial score (nSPS) is 8.89. The Labute approximate surface area is 66.3 Å². The molecule has 1 aromatic rings. The molecule has 1 aromatic heterocycles. The Morgan fingerprint density at radius 3 is 3.11 bits per heavy atom. The fourth-order valence-corrected chi connectivity index (χ4v) is 1.52. The van der Waals surface area contributed by atoms with Gasteiger partial charge >= 0.3 is 0 Å². The predicted octanol–water partition coefficient (Wildman–Crippen LogP) is 2.08. The van der Waals surface area contributed by atoms with Gasteiger partial charge in [0, 0.05) is 5.38 Å². The minimum Gasteiger partial charge on any atom is -0.233 e. The highest BCUT2D eigenvalue weighted by Crippen LogP contribution is 2.15. The number of hydrogen-bond acceptors (Lipinski definition) is 2. The first-order valence-electron chi connectivity index (χ1n) is 2.36. The maximum Gasteiger partial charge on any atom is 0.159 e. The number of aromatic nitrogens is 1. The summed E-state index contributed by atoms with van der Waals surface area (Å²) < 4.78 is 0.896. The van der Waals surface area contributed by atoms with Crippen molar-refractivity contribution < 1.29 is 0 Å². The zero-order valence-corrected chi connectivity index (χ0v) is 7.00. The second-order valence-corrected chi connectivity index (χ2v) is 3.61. The van der Waals surface area contributed by atoms with Gasteiger partial charge in [-0.15, -0.1) is 23.7 Å². The van der Waals surface area contributed by atoms with Crippen molar-refractivity contribution in [2.75, 3.05) is 0 Å². The molecule has 0 aromatic carbocycles. The van der Waals surface area contributed by atoms with Gasteiger partial charge in [-0.3, -0.25) is 0 Å². The van der Waals surface area contributed by atoms with Gasteiger partial charge in [0.1, 0.15) is 0 Å². The van der Waals surface area contributed by atoms with Gasteiger partial charge in [-0.05, 0) is 15.9 Å². The largest absolute Gasteiger partial charge is 0.233 e. The summed E-state index contributed by atoms with van der Waals surface area (Å²) in [5.74, 6) is 2.52. The van der Waals surface area contributed by atoms with E-state index in [4.69, 9.17) is 6.42 Å². The first-order chi connectivity index (χ1) is 4.33. The van der Waals surface area contributed by atoms with E-state index >= 15 is 0 Å². The van der Waals surface area contributed by atoms with E-state index in [0.29, 0.717) is 6.42 Å². The highest BCUT2D eigenvalue weighted by atomic mass is 79.9. The Balaban J connectivity index is 2.76. The van der Waals surface area contributed by atoms with Crippen LogP contribution in [0.3, 0.4) is 0 Å². The summed E-state index contributed by atoms with van der Waals surface area (Å²) in [6.45, 7) is 0. The SMILES string of the molecule is C#CCc1csc(Br)n1. The third-order valence-electron chi connectivity index (χ3n) is 0.807. The van der Waals surface area contributed by atoms with Crippen molar-refractivity contribution in [1.82, 2.24) is 4.98 Å². The Kier molecular flexibility index (Phi) is 2.26. The molecule has 0 unspecified atom stereocenters. The van der Waals surface area contributed by atoms with Crippen molar-refractivity contribution in [3.8, 4) is 12.3 Å². The molecule has 9 heavy (non-hydrogen) atoms. The molecule has 46 valence electrons. The number of thiazole rings is 1. The van der Waals surface area contributed by atoms with Crippen LogP contribution in [0.15, 0.2) is 9.30 Å². The molecule has 0 bridgehead atoms. The molecule has 0 amide bonds. The van der Waals surface area contributed by atoms with Gasteiger partial charge in [0.25, 0.3) is 0 Å². The topological polar surface area (TPSA) is 12.9 Å². The predicted molar refractivity (Wildman–Crippen MR) is 42.4 cm³/mol. The summed E-state index contributed by atoms with van der Waals surface area (Å²) in [5.41, 5.74) is 0.967. The number of rotatable bonds is 1. The lowest BCUT2D eigenvalue weighted by Gasteiger charge is -1.79. The second-order valence-electron chi connectivity index (χ2n) is 1.47. The fraction of sp³-hybridized carbons (Fsp3) is 0.167. The Bertz CT molecular complexity index is 235. The van der Waals surface area contributed by atoms with Crippen molar-refractivity contribution in [2.24, 2.45) is 0 Å². The summed E-state index contributed by atoms with van der Waals surface area (Å²) in [6.07, 6.45) is 5.70. The van der Waals surface area contributed by atoms with E-state index in [1.165, 1.54) is 0 Å². The summed E-state index contributed by atoms with van der Waals surface area (Å²) in [6, 6.07) is 0. The van der Waals surface area contributed by atoms with E-state index in [2.05, 4.69) is 26.8 Å². The highest BCUT2D eigenvalue weighted by Gasteiger charge is 1.94. The number of hydrogen-bond donors (Lipinski definition) is 0. The van der Waals surface area contributed by atoms with Crippen LogP contribution in [0, 0.1) is 12.3 Å². The van der Waals surface area contributed by atoms with Crippen molar-refractivity contribution in [3.63, 3.8) is 0 Å². The van der Waals surface area contributed by atoms with Crippen LogP contribution in [0.2, 0.25) is 0 Å². The Morgan fingerprint density at radius 2 is 2.67 bits per heavy atom. The minimum absolute atomic E-state index is 0.627. The molecular formula is C6H4BrNS. The van der Waals surface area contributed by atoms with E-state index in [-0.39, 0.29) is 0 Å². The third-order valence-corrected chi connectivity index (χ3v) is 2.22. The molecule has 1 rings (SSSR count). The van der Waals surface area contributed by atoms with Gasteiger partial charge in [-0.1, -0.05) is 0 Å². The quantitative estimate of drug-likeness (QED) is 0.635. The van der Waals surface area contributed by atoms with E-state index in [1.807, 2.05) is 5.38 Å². The van der Waals surface area contributed by atoms with Crippen molar-refractivity contribution in [2.45, 2.75) is 6.42 Å². The summed E-state index contributed by atoms with van der Waals surface area (Å²) >= 11 is 4.80. The second kappa shape index (κ2) is 3.00. The number of terminal acetylenes is 1. The molecule has 0 aliphatic rings. The number of nitrogens with zero attached hydrogens (tertiary/aromatic N) is 1. The van der Waals surface area contributed by atoms with Crippen molar-refractivity contribution >= 4 is 27.3 Å². The molecule has 0 saturated carbocycles. The fourth-order valence-electron chi connectivity index (χ4n) is 0.468. The molecule has 1 nitrogen and oxygen atoms in total. The highest BCUT2D eigenvalue weighted by molar-refractivity contribution is 9.11. The molecule has 3 heteroatoms. The molecule has 0 N–H and O–H groups in total. The molecule has 0 saturated heterocycles. The van der Waals surface area contributed by atoms with Gasteiger partial charge in [0.2, 0.25) is 0 Å². The Hall–Kier alpha value is -0.330. The van der Waals surface area contributed by atoms with Crippen LogP contribution in [0.1, 0.15) is 5.69 Å². The standard InChI is InChI=1S/C6H4BrNS/c1-2-3-5-4-9-6(7)8-5/h1,4H,3H2. The van der Waals surface area contributed by atoms with Gasteiger partial charge < -0.3 is 0 Å². The van der Waals surface area contributed by atoms with Gasteiger partial charge in [0.05, 0.1) is 12.1 Å². The average Bonchev–Trinajstić information content (AvgIpc) is 2.17. The molecule has 1 heterocycles. The zero-order valence-electron chi connectivity index (χ0n) is 4.60. The van der Waals surface area contributed by atoms with Crippen LogP contribution in [-0.4, -0.2) is 4.98 Å². The maximum atomic E-state index is 5.07. The van der Waals surface area contributed by atoms with E-state index < -0.39 is 0 Å². The summed E-state index contributed by atoms with van der Waals surface area (Å²) in [7, 11) is 0. The molecule has 0 aliphatic carbocycles. The van der Waals surface area contributed by atoms with Gasteiger partial charge in [-0.25, -0.2) is 4.98 Å². The molecule has 0 fully saturated rings. The average molecular weight is 202 g/mol. The van der Waals surface area contributed by atoms with Gasteiger partial charge in [0.15, 0.2) is 3.92 Å². The van der Waals surface area contributed by atoms with Crippen molar-refractivity contribution in [3.05, 3.63) is 15.0 Å². The zero-order chi connectivity index (χ0) is 6.69. The third kappa shape index (κ3) is 1.81.